The number of carbonyl (C=O) groups is 1. The molecule has 0 saturated carbocycles. The first-order valence-corrected chi connectivity index (χ1v) is 2.97. The van der Waals surface area contributed by atoms with Crippen LogP contribution >= 0.6 is 0 Å². The van der Waals surface area contributed by atoms with Crippen LogP contribution in [-0.2, 0) is 0 Å². The summed E-state index contributed by atoms with van der Waals surface area (Å²) in [5.74, 6) is 0. The van der Waals surface area contributed by atoms with E-state index < -0.39 is 0 Å². The van der Waals surface area contributed by atoms with Crippen molar-refractivity contribution in [3.63, 3.8) is 0 Å². The van der Waals surface area contributed by atoms with Crippen LogP contribution in [0.15, 0.2) is 11.8 Å². The summed E-state index contributed by atoms with van der Waals surface area (Å²) in [4.78, 5) is 12.1. The average Bonchev–Trinajstić information content (AvgIpc) is 1.94. The Morgan fingerprint density at radius 2 is 2.60 bits per heavy atom. The molecule has 0 bridgehead atoms. The Balaban J connectivity index is 2.70. The Morgan fingerprint density at radius 1 is 1.90 bits per heavy atom. The molecular formula is C6H9N3O. The molecule has 1 aliphatic heterocycles. The maximum atomic E-state index is 10.8. The fourth-order valence-electron chi connectivity index (χ4n) is 0.758. The van der Waals surface area contributed by atoms with Crippen LogP contribution in [0.1, 0.15) is 6.92 Å². The first-order valence-electron chi connectivity index (χ1n) is 2.97. The maximum Gasteiger partial charge on any atom is 0.326 e. The van der Waals surface area contributed by atoms with Gasteiger partial charge in [0.2, 0.25) is 0 Å². The van der Waals surface area contributed by atoms with Gasteiger partial charge in [-0.25, -0.2) is 4.79 Å². The van der Waals surface area contributed by atoms with Crippen LogP contribution in [0, 0.1) is 5.41 Å². The summed E-state index contributed by atoms with van der Waals surface area (Å²) < 4.78 is 0. The molecule has 4 nitrogen and oxygen atoms in total. The van der Waals surface area contributed by atoms with Gasteiger partial charge in [-0.15, -0.1) is 0 Å². The van der Waals surface area contributed by atoms with Gasteiger partial charge in [0.05, 0.1) is 12.9 Å². The van der Waals surface area contributed by atoms with E-state index in [4.69, 9.17) is 5.41 Å². The van der Waals surface area contributed by atoms with Gasteiger partial charge in [-0.2, -0.15) is 0 Å². The topological polar surface area (TPSA) is 56.2 Å². The van der Waals surface area contributed by atoms with Crippen molar-refractivity contribution in [1.29, 1.82) is 5.41 Å². The van der Waals surface area contributed by atoms with Crippen molar-refractivity contribution in [2.75, 3.05) is 6.54 Å². The molecule has 0 aromatic rings. The normalized spacial score (nSPS) is 17.9. The van der Waals surface area contributed by atoms with Crippen LogP contribution in [-0.4, -0.2) is 23.8 Å². The molecule has 0 spiro atoms. The van der Waals surface area contributed by atoms with Crippen molar-refractivity contribution in [2.45, 2.75) is 6.92 Å². The summed E-state index contributed by atoms with van der Waals surface area (Å²) in [5, 5.41) is 9.34. The molecule has 0 atom stereocenters. The number of nitrogens with one attached hydrogen (secondary N) is 2. The zero-order valence-corrected chi connectivity index (χ0v) is 5.72. The summed E-state index contributed by atoms with van der Waals surface area (Å²) in [5.41, 5.74) is 1.04. The van der Waals surface area contributed by atoms with Crippen molar-refractivity contribution in [3.05, 3.63) is 11.8 Å². The Morgan fingerprint density at radius 3 is 3.10 bits per heavy atom. The molecule has 0 aliphatic carbocycles. The fourth-order valence-corrected chi connectivity index (χ4v) is 0.758. The van der Waals surface area contributed by atoms with Crippen molar-refractivity contribution in [3.8, 4) is 0 Å². The smallest absolute Gasteiger partial charge is 0.314 e. The van der Waals surface area contributed by atoms with E-state index in [1.54, 1.807) is 6.20 Å². The lowest BCUT2D eigenvalue weighted by Gasteiger charge is -2.21. The minimum atomic E-state index is -0.236. The van der Waals surface area contributed by atoms with Gasteiger partial charge in [0.15, 0.2) is 0 Å². The quantitative estimate of drug-likeness (QED) is 0.404. The zero-order valence-electron chi connectivity index (χ0n) is 5.72. The minimum absolute atomic E-state index is 0.236. The lowest BCUT2D eigenvalue weighted by atomic mass is 10.3. The Kier molecular flexibility index (Phi) is 1.71. The Bertz CT molecular complexity index is 197. The number of amides is 2. The van der Waals surface area contributed by atoms with Crippen LogP contribution in [0.3, 0.4) is 0 Å². The molecule has 1 heterocycles. The van der Waals surface area contributed by atoms with Crippen molar-refractivity contribution >= 4 is 12.4 Å². The number of hydrogen-bond donors (Lipinski definition) is 2. The lowest BCUT2D eigenvalue weighted by molar-refractivity contribution is 0.225. The van der Waals surface area contributed by atoms with Crippen molar-refractivity contribution in [2.24, 2.45) is 0 Å². The molecule has 10 heavy (non-hydrogen) atoms. The zero-order chi connectivity index (χ0) is 7.56. The third-order valence-electron chi connectivity index (χ3n) is 1.28. The van der Waals surface area contributed by atoms with Gasteiger partial charge in [0, 0.05) is 6.20 Å². The third-order valence-corrected chi connectivity index (χ3v) is 1.28. The number of rotatable bonds is 1. The first kappa shape index (κ1) is 6.80. The second-order valence-corrected chi connectivity index (χ2v) is 2.20. The molecule has 0 radical (unpaired) electrons. The minimum Gasteiger partial charge on any atom is -0.314 e. The molecule has 2 N–H and O–H groups in total. The molecule has 0 unspecified atom stereocenters. The van der Waals surface area contributed by atoms with E-state index in [0.29, 0.717) is 6.54 Å². The highest BCUT2D eigenvalue weighted by atomic mass is 16.2. The van der Waals surface area contributed by atoms with E-state index >= 15 is 0 Å². The summed E-state index contributed by atoms with van der Waals surface area (Å²) in [6.07, 6.45) is 2.67. The Hall–Kier alpha value is -1.32. The number of nitrogens with zero attached hydrogens (tertiary/aromatic N) is 1. The second-order valence-electron chi connectivity index (χ2n) is 2.20. The van der Waals surface area contributed by atoms with E-state index in [-0.39, 0.29) is 6.03 Å². The highest BCUT2D eigenvalue weighted by molar-refractivity contribution is 5.87. The molecule has 0 fully saturated rings. The van der Waals surface area contributed by atoms with Gasteiger partial charge in [-0.05, 0) is 12.5 Å². The number of carbonyl (C=O) groups excluding carboxylic acids is 1. The molecule has 1 aliphatic rings. The van der Waals surface area contributed by atoms with E-state index in [2.05, 4.69) is 5.32 Å². The highest BCUT2D eigenvalue weighted by Crippen LogP contribution is 2.00. The van der Waals surface area contributed by atoms with Crippen molar-refractivity contribution in [1.82, 2.24) is 10.2 Å². The van der Waals surface area contributed by atoms with E-state index in [1.165, 1.54) is 4.90 Å². The van der Waals surface area contributed by atoms with Crippen molar-refractivity contribution < 1.29 is 4.79 Å². The molecular weight excluding hydrogens is 130 g/mol. The standard InChI is InChI=1S/C6H9N3O/c1-5-2-8-6(10)9(3-5)4-7/h2,4,7H,3H2,1H3,(H,8,10). The van der Waals surface area contributed by atoms with E-state index in [0.717, 1.165) is 11.9 Å². The van der Waals surface area contributed by atoms with Gasteiger partial charge in [-0.1, -0.05) is 0 Å². The van der Waals surface area contributed by atoms with E-state index in [9.17, 15) is 4.79 Å². The van der Waals surface area contributed by atoms with E-state index in [1.807, 2.05) is 6.92 Å². The summed E-state index contributed by atoms with van der Waals surface area (Å²) >= 11 is 0. The predicted molar refractivity (Wildman–Crippen MR) is 37.8 cm³/mol. The summed E-state index contributed by atoms with van der Waals surface area (Å²) in [6.45, 7) is 2.42. The fraction of sp³-hybridized carbons (Fsp3) is 0.333. The molecule has 0 aromatic heterocycles. The molecule has 0 saturated heterocycles. The molecule has 1 rings (SSSR count). The van der Waals surface area contributed by atoms with Gasteiger partial charge < -0.3 is 5.32 Å². The molecule has 2 amide bonds. The monoisotopic (exact) mass is 139 g/mol. The summed E-state index contributed by atoms with van der Waals surface area (Å²) in [7, 11) is 0. The number of urea groups is 1. The Labute approximate surface area is 59.0 Å². The third kappa shape index (κ3) is 1.15. The van der Waals surface area contributed by atoms with Crippen LogP contribution in [0.4, 0.5) is 4.79 Å². The maximum absolute atomic E-state index is 10.8. The largest absolute Gasteiger partial charge is 0.326 e. The van der Waals surface area contributed by atoms with Crippen LogP contribution in [0.2, 0.25) is 0 Å². The van der Waals surface area contributed by atoms with Gasteiger partial charge >= 0.3 is 6.03 Å². The predicted octanol–water partition coefficient (Wildman–Crippen LogP) is 0.522. The SMILES string of the molecule is CC1=CNC(=O)N(C=N)C1. The summed E-state index contributed by atoms with van der Waals surface area (Å²) in [6, 6.07) is -0.236. The van der Waals surface area contributed by atoms with Crippen LogP contribution in [0.5, 0.6) is 0 Å². The molecule has 54 valence electrons. The first-order chi connectivity index (χ1) is 4.74. The van der Waals surface area contributed by atoms with Gasteiger partial charge in [0.25, 0.3) is 0 Å². The highest BCUT2D eigenvalue weighted by Gasteiger charge is 2.13. The number of hydrogen-bond acceptors (Lipinski definition) is 2. The van der Waals surface area contributed by atoms with Crippen LogP contribution < -0.4 is 5.32 Å². The lowest BCUT2D eigenvalue weighted by Crippen LogP contribution is -2.41. The average molecular weight is 139 g/mol. The molecule has 0 aromatic carbocycles. The molecule has 4 heteroatoms. The van der Waals surface area contributed by atoms with Gasteiger partial charge in [0.1, 0.15) is 0 Å². The van der Waals surface area contributed by atoms with Crippen LogP contribution in [0.25, 0.3) is 0 Å². The second kappa shape index (κ2) is 2.51. The van der Waals surface area contributed by atoms with Gasteiger partial charge in [-0.3, -0.25) is 10.3 Å².